The van der Waals surface area contributed by atoms with Crippen molar-refractivity contribution < 1.29 is 14.7 Å². The van der Waals surface area contributed by atoms with Gasteiger partial charge < -0.3 is 10.4 Å². The number of anilines is 1. The van der Waals surface area contributed by atoms with Gasteiger partial charge in [-0.25, -0.2) is 0 Å². The number of rotatable bonds is 2. The summed E-state index contributed by atoms with van der Waals surface area (Å²) in [4.78, 5) is 0.349. The van der Waals surface area contributed by atoms with Gasteiger partial charge in [0, 0.05) is 18.0 Å². The zero-order valence-electron chi connectivity index (χ0n) is 10.4. The van der Waals surface area contributed by atoms with E-state index in [1.165, 1.54) is 0 Å². The summed E-state index contributed by atoms with van der Waals surface area (Å²) in [5, 5.41) is 31.4. The summed E-state index contributed by atoms with van der Waals surface area (Å²) in [7, 11) is 0. The van der Waals surface area contributed by atoms with E-state index in [1.807, 2.05) is 30.3 Å². The highest BCUT2D eigenvalue weighted by atomic mass is 16.8. The number of nitrogens with zero attached hydrogens (tertiary/aromatic N) is 4. The molecule has 1 heterocycles. The molecule has 1 aliphatic carbocycles. The summed E-state index contributed by atoms with van der Waals surface area (Å²) in [6.45, 7) is 0. The van der Waals surface area contributed by atoms with Gasteiger partial charge in [0.15, 0.2) is 5.71 Å². The number of hydrogen-bond acceptors (Lipinski definition) is 7. The molecule has 1 aromatic heterocycles. The van der Waals surface area contributed by atoms with Crippen molar-refractivity contribution in [3.8, 4) is 0 Å². The van der Waals surface area contributed by atoms with E-state index in [-0.39, 0.29) is 0 Å². The molecule has 0 spiro atoms. The molecule has 0 bridgehead atoms. The van der Waals surface area contributed by atoms with Crippen molar-refractivity contribution in [1.29, 1.82) is 0 Å². The standard InChI is InChI=1S/C12H11N5O3/c18-15-9-6-7-10-12(16-20-17(10)19)11(9)14-13-8-4-2-1-3-5-8/h1-5,13,18H,6-7H2. The molecule has 0 atom stereocenters. The van der Waals surface area contributed by atoms with Crippen LogP contribution in [0.4, 0.5) is 5.69 Å². The minimum atomic E-state index is 0.294. The molecule has 20 heavy (non-hydrogen) atoms. The van der Waals surface area contributed by atoms with Crippen molar-refractivity contribution in [2.24, 2.45) is 10.3 Å². The molecule has 8 heteroatoms. The molecule has 0 unspecified atom stereocenters. The van der Waals surface area contributed by atoms with Crippen LogP contribution in [0.3, 0.4) is 0 Å². The molecule has 0 amide bonds. The van der Waals surface area contributed by atoms with Crippen LogP contribution in [-0.2, 0) is 6.42 Å². The largest absolute Gasteiger partial charge is 0.411 e. The predicted octanol–water partition coefficient (Wildman–Crippen LogP) is 0.901. The molecule has 102 valence electrons. The van der Waals surface area contributed by atoms with E-state index in [9.17, 15) is 5.21 Å². The Morgan fingerprint density at radius 2 is 2.10 bits per heavy atom. The average Bonchev–Trinajstić information content (AvgIpc) is 2.87. The molecule has 0 radical (unpaired) electrons. The maximum atomic E-state index is 11.4. The normalized spacial score (nSPS) is 18.2. The lowest BCUT2D eigenvalue weighted by Gasteiger charge is -2.10. The fraction of sp³-hybridized carbons (Fsp3) is 0.167. The molecule has 1 aliphatic rings. The van der Waals surface area contributed by atoms with Crippen LogP contribution >= 0.6 is 0 Å². The number of nitrogens with one attached hydrogen (secondary N) is 1. The molecule has 2 aromatic rings. The Hall–Kier alpha value is -2.90. The molecule has 1 aromatic carbocycles. The van der Waals surface area contributed by atoms with E-state index < -0.39 is 0 Å². The van der Waals surface area contributed by atoms with Gasteiger partial charge in [-0.3, -0.25) is 10.1 Å². The first-order valence-electron chi connectivity index (χ1n) is 5.98. The average molecular weight is 273 g/mol. The number of benzene rings is 1. The lowest BCUT2D eigenvalue weighted by molar-refractivity contribution is -0.807. The van der Waals surface area contributed by atoms with E-state index in [2.05, 4.69) is 25.5 Å². The maximum absolute atomic E-state index is 11.4. The minimum Gasteiger partial charge on any atom is -0.411 e. The Morgan fingerprint density at radius 3 is 2.85 bits per heavy atom. The van der Waals surface area contributed by atoms with Crippen LogP contribution in [0.15, 0.2) is 45.2 Å². The van der Waals surface area contributed by atoms with Crippen LogP contribution < -0.4 is 10.3 Å². The van der Waals surface area contributed by atoms with Crippen LogP contribution in [0.2, 0.25) is 0 Å². The molecule has 3 rings (SSSR count). The Labute approximate surface area is 113 Å². The number of aromatic nitrogens is 2. The monoisotopic (exact) mass is 273 g/mol. The van der Waals surface area contributed by atoms with E-state index in [0.29, 0.717) is 40.6 Å². The summed E-state index contributed by atoms with van der Waals surface area (Å²) in [6.07, 6.45) is 0.786. The van der Waals surface area contributed by atoms with E-state index in [4.69, 9.17) is 5.21 Å². The van der Waals surface area contributed by atoms with Gasteiger partial charge >= 0.3 is 0 Å². The SMILES string of the molecule is [O-][n+]1onc2c1CCC(=NO)C2=NNc1ccccc1. The summed E-state index contributed by atoms with van der Waals surface area (Å²) < 4.78 is 4.56. The molecule has 0 saturated heterocycles. The molecule has 8 nitrogen and oxygen atoms in total. The first-order chi connectivity index (χ1) is 9.79. The van der Waals surface area contributed by atoms with Crippen molar-refractivity contribution in [3.05, 3.63) is 46.9 Å². The first-order valence-corrected chi connectivity index (χ1v) is 5.98. The summed E-state index contributed by atoms with van der Waals surface area (Å²) in [6, 6.07) is 9.27. The Balaban J connectivity index is 1.97. The molecule has 0 aliphatic heterocycles. The first kappa shape index (κ1) is 12.2. The van der Waals surface area contributed by atoms with Crippen molar-refractivity contribution in [3.63, 3.8) is 0 Å². The number of fused-ring (bicyclic) bond motifs is 1. The summed E-state index contributed by atoms with van der Waals surface area (Å²) >= 11 is 0. The Morgan fingerprint density at radius 1 is 1.30 bits per heavy atom. The van der Waals surface area contributed by atoms with E-state index >= 15 is 0 Å². The fourth-order valence-electron chi connectivity index (χ4n) is 2.00. The smallest absolute Gasteiger partial charge is 0.273 e. The van der Waals surface area contributed by atoms with Gasteiger partial charge in [-0.05, 0) is 17.0 Å². The van der Waals surface area contributed by atoms with Crippen molar-refractivity contribution >= 4 is 17.1 Å². The summed E-state index contributed by atoms with van der Waals surface area (Å²) in [5.74, 6) is 0. The van der Waals surface area contributed by atoms with Crippen LogP contribution in [0.5, 0.6) is 0 Å². The fourth-order valence-corrected chi connectivity index (χ4v) is 2.00. The zero-order valence-corrected chi connectivity index (χ0v) is 10.4. The Bertz CT molecular complexity index is 678. The number of hydrogen-bond donors (Lipinski definition) is 2. The highest BCUT2D eigenvalue weighted by molar-refractivity contribution is 6.48. The lowest BCUT2D eigenvalue weighted by Crippen LogP contribution is -2.34. The third kappa shape index (κ3) is 2.07. The van der Waals surface area contributed by atoms with Gasteiger partial charge in [0.2, 0.25) is 5.69 Å². The number of oxime groups is 1. The highest BCUT2D eigenvalue weighted by Crippen LogP contribution is 2.16. The van der Waals surface area contributed by atoms with E-state index in [1.54, 1.807) is 0 Å². The topological polar surface area (TPSA) is 110 Å². The van der Waals surface area contributed by atoms with Crippen molar-refractivity contribution in [2.45, 2.75) is 12.8 Å². The molecular weight excluding hydrogens is 262 g/mol. The van der Waals surface area contributed by atoms with Gasteiger partial charge in [0.1, 0.15) is 5.71 Å². The van der Waals surface area contributed by atoms with Crippen LogP contribution in [0.1, 0.15) is 17.8 Å². The van der Waals surface area contributed by atoms with E-state index in [0.717, 1.165) is 5.69 Å². The maximum Gasteiger partial charge on any atom is 0.273 e. The Kier molecular flexibility index (Phi) is 3.04. The second-order valence-corrected chi connectivity index (χ2v) is 4.21. The second-order valence-electron chi connectivity index (χ2n) is 4.21. The third-order valence-corrected chi connectivity index (χ3v) is 2.99. The van der Waals surface area contributed by atoms with Gasteiger partial charge in [0.25, 0.3) is 5.69 Å². The lowest BCUT2D eigenvalue weighted by atomic mass is 9.97. The molecular formula is C12H11N5O3. The zero-order chi connectivity index (χ0) is 13.9. The van der Waals surface area contributed by atoms with Crippen molar-refractivity contribution in [2.75, 3.05) is 5.43 Å². The molecule has 0 fully saturated rings. The van der Waals surface area contributed by atoms with Crippen molar-refractivity contribution in [1.82, 2.24) is 5.16 Å². The van der Waals surface area contributed by atoms with Crippen LogP contribution in [-0.4, -0.2) is 21.8 Å². The van der Waals surface area contributed by atoms with Gasteiger partial charge in [-0.15, -0.1) is 0 Å². The van der Waals surface area contributed by atoms with Crippen LogP contribution in [0.25, 0.3) is 0 Å². The highest BCUT2D eigenvalue weighted by Gasteiger charge is 2.33. The van der Waals surface area contributed by atoms with Crippen LogP contribution in [0, 0.1) is 5.21 Å². The minimum absolute atomic E-state index is 0.294. The summed E-state index contributed by atoms with van der Waals surface area (Å²) in [5.41, 5.74) is 4.93. The predicted molar refractivity (Wildman–Crippen MR) is 69.6 cm³/mol. The van der Waals surface area contributed by atoms with Gasteiger partial charge in [-0.1, -0.05) is 23.4 Å². The second kappa shape index (κ2) is 5.00. The third-order valence-electron chi connectivity index (χ3n) is 2.99. The van der Waals surface area contributed by atoms with Gasteiger partial charge in [0.05, 0.1) is 5.69 Å². The molecule has 2 N–H and O–H groups in total. The quantitative estimate of drug-likeness (QED) is 0.480. The number of para-hydroxylation sites is 1. The van der Waals surface area contributed by atoms with Gasteiger partial charge in [-0.2, -0.15) is 5.10 Å². The number of hydrazone groups is 1. The molecule has 0 saturated carbocycles.